The lowest BCUT2D eigenvalue weighted by molar-refractivity contribution is -0.344. The van der Waals surface area contributed by atoms with E-state index in [1.54, 1.807) is 0 Å². The summed E-state index contributed by atoms with van der Waals surface area (Å²) in [7, 11) is 0. The molecule has 1 aliphatic carbocycles. The van der Waals surface area contributed by atoms with Gasteiger partial charge in [0.1, 0.15) is 6.10 Å². The molecule has 0 spiro atoms. The molecule has 1 aliphatic rings. The van der Waals surface area contributed by atoms with E-state index in [1.165, 1.54) is 0 Å². The predicted octanol–water partition coefficient (Wildman–Crippen LogP) is 5.38. The molecule has 0 aromatic heterocycles. The Morgan fingerprint density at radius 2 is 1.53 bits per heavy atom. The third kappa shape index (κ3) is 6.44. The average Bonchev–Trinajstić information content (AvgIpc) is 2.66. The van der Waals surface area contributed by atoms with Crippen LogP contribution in [0.25, 0.3) is 0 Å². The molecule has 1 rings (SSSR count). The Hall–Kier alpha value is -1.62. The second kappa shape index (κ2) is 10.6. The third-order valence-corrected chi connectivity index (χ3v) is 4.97. The highest BCUT2D eigenvalue weighted by atomic mass is 19.4. The summed E-state index contributed by atoms with van der Waals surface area (Å²) in [5.41, 5.74) is 0. The number of alkyl halides is 8. The van der Waals surface area contributed by atoms with Crippen molar-refractivity contribution in [2.45, 2.75) is 88.6 Å². The van der Waals surface area contributed by atoms with Crippen LogP contribution in [0.5, 0.6) is 0 Å². The normalized spacial score (nSPS) is 20.9. The van der Waals surface area contributed by atoms with Gasteiger partial charge in [0.15, 0.2) is 6.61 Å². The number of ether oxygens (including phenoxy) is 2. The van der Waals surface area contributed by atoms with Crippen molar-refractivity contribution in [3.8, 4) is 0 Å². The van der Waals surface area contributed by atoms with Crippen LogP contribution in [0.1, 0.15) is 58.3 Å². The van der Waals surface area contributed by atoms with Crippen LogP contribution in [0.3, 0.4) is 0 Å². The summed E-state index contributed by atoms with van der Waals surface area (Å²) < 4.78 is 111. The van der Waals surface area contributed by atoms with Gasteiger partial charge in [0.25, 0.3) is 0 Å². The molecule has 0 saturated heterocycles. The number of esters is 2. The number of hydrogen-bond donors (Lipinski definition) is 0. The van der Waals surface area contributed by atoms with Crippen LogP contribution < -0.4 is 0 Å². The van der Waals surface area contributed by atoms with E-state index in [9.17, 15) is 44.7 Å². The fourth-order valence-electron chi connectivity index (χ4n) is 3.12. The third-order valence-electron chi connectivity index (χ3n) is 4.97. The molecule has 1 fully saturated rings. The fourth-order valence-corrected chi connectivity index (χ4v) is 3.12. The summed E-state index contributed by atoms with van der Waals surface area (Å²) in [6.07, 6.45) is -2.03. The van der Waals surface area contributed by atoms with Gasteiger partial charge in [-0.1, -0.05) is 13.3 Å². The Morgan fingerprint density at radius 1 is 0.967 bits per heavy atom. The Bertz CT molecular complexity index is 583. The molecule has 12 heteroatoms. The van der Waals surface area contributed by atoms with Crippen LogP contribution in [0.15, 0.2) is 0 Å². The summed E-state index contributed by atoms with van der Waals surface area (Å²) in [4.78, 5) is 23.2. The second-order valence-electron chi connectivity index (χ2n) is 7.20. The first-order valence-electron chi connectivity index (χ1n) is 9.53. The highest BCUT2D eigenvalue weighted by Crippen LogP contribution is 2.48. The van der Waals surface area contributed by atoms with E-state index in [1.807, 2.05) is 6.92 Å². The lowest BCUT2D eigenvalue weighted by Crippen LogP contribution is -2.59. The Balaban J connectivity index is 2.43. The maximum absolute atomic E-state index is 13.3. The van der Waals surface area contributed by atoms with Crippen molar-refractivity contribution in [3.05, 3.63) is 0 Å². The maximum Gasteiger partial charge on any atom is 0.381 e. The Kier molecular flexibility index (Phi) is 9.34. The molecular formula is C18H24F8O4. The molecule has 2 unspecified atom stereocenters. The minimum absolute atomic E-state index is 0.212. The van der Waals surface area contributed by atoms with Crippen molar-refractivity contribution < 1.29 is 54.2 Å². The monoisotopic (exact) mass is 456 g/mol. The zero-order valence-electron chi connectivity index (χ0n) is 16.3. The lowest BCUT2D eigenvalue weighted by Gasteiger charge is -2.31. The summed E-state index contributed by atoms with van der Waals surface area (Å²) in [5.74, 6) is -20.3. The van der Waals surface area contributed by atoms with Crippen LogP contribution in [-0.2, 0) is 19.1 Å². The quantitative estimate of drug-likeness (QED) is 0.309. The van der Waals surface area contributed by atoms with E-state index >= 15 is 0 Å². The van der Waals surface area contributed by atoms with Crippen molar-refractivity contribution in [1.82, 2.24) is 0 Å². The maximum atomic E-state index is 13.3. The lowest BCUT2D eigenvalue weighted by atomic mass is 9.85. The molecule has 4 nitrogen and oxygen atoms in total. The zero-order chi connectivity index (χ0) is 23.2. The predicted molar refractivity (Wildman–Crippen MR) is 87.8 cm³/mol. The summed E-state index contributed by atoms with van der Waals surface area (Å²) in [6.45, 7) is -0.546. The van der Waals surface area contributed by atoms with Crippen molar-refractivity contribution in [2.24, 2.45) is 5.92 Å². The minimum Gasteiger partial charge on any atom is -0.462 e. The molecule has 176 valence electrons. The van der Waals surface area contributed by atoms with E-state index in [0.29, 0.717) is 6.42 Å². The molecule has 0 aromatic rings. The number of halogens is 8. The number of hydrogen-bond acceptors (Lipinski definition) is 4. The van der Waals surface area contributed by atoms with Crippen molar-refractivity contribution in [1.29, 1.82) is 0 Å². The van der Waals surface area contributed by atoms with Crippen LogP contribution >= 0.6 is 0 Å². The van der Waals surface area contributed by atoms with E-state index in [4.69, 9.17) is 4.74 Å². The SMILES string of the molecule is CCC1CCCCC1OC(=O)CCCC(=O)OCC(F)(F)C(F)(F)C(F)(F)C(F)F. The molecule has 1 saturated carbocycles. The molecule has 0 amide bonds. The van der Waals surface area contributed by atoms with Gasteiger partial charge in [-0.15, -0.1) is 0 Å². The number of carbonyl (C=O) groups excluding carboxylic acids is 2. The van der Waals surface area contributed by atoms with Crippen molar-refractivity contribution in [2.75, 3.05) is 6.61 Å². The van der Waals surface area contributed by atoms with Gasteiger partial charge in [-0.25, -0.2) is 8.78 Å². The fraction of sp³-hybridized carbons (Fsp3) is 0.889. The summed E-state index contributed by atoms with van der Waals surface area (Å²) in [5, 5.41) is 0. The zero-order valence-corrected chi connectivity index (χ0v) is 16.3. The number of rotatable bonds is 11. The van der Waals surface area contributed by atoms with Gasteiger partial charge in [0.2, 0.25) is 0 Å². The van der Waals surface area contributed by atoms with Crippen LogP contribution in [-0.4, -0.2) is 48.8 Å². The summed E-state index contributed by atoms with van der Waals surface area (Å²) in [6, 6.07) is 0. The Morgan fingerprint density at radius 3 is 2.10 bits per heavy atom. The standard InChI is InChI=1S/C18H24F8O4/c1-2-11-6-3-4-7-12(11)30-14(28)9-5-8-13(27)29-10-16(21,22)18(25,26)17(23,24)15(19)20/h11-12,15H,2-10H2,1H3. The summed E-state index contributed by atoms with van der Waals surface area (Å²) >= 11 is 0. The van der Waals surface area contributed by atoms with Crippen molar-refractivity contribution >= 4 is 11.9 Å². The molecular weight excluding hydrogens is 432 g/mol. The van der Waals surface area contributed by atoms with Crippen LogP contribution in [0.2, 0.25) is 0 Å². The van der Waals surface area contributed by atoms with Crippen LogP contribution in [0, 0.1) is 5.92 Å². The second-order valence-corrected chi connectivity index (χ2v) is 7.20. The molecule has 2 atom stereocenters. The first kappa shape index (κ1) is 26.4. The van der Waals surface area contributed by atoms with E-state index in [0.717, 1.165) is 25.7 Å². The molecule has 0 aromatic carbocycles. The minimum atomic E-state index is -6.44. The van der Waals surface area contributed by atoms with E-state index < -0.39 is 49.2 Å². The molecule has 0 radical (unpaired) electrons. The van der Waals surface area contributed by atoms with Crippen LogP contribution in [0.4, 0.5) is 35.1 Å². The van der Waals surface area contributed by atoms with Gasteiger partial charge >= 0.3 is 36.1 Å². The smallest absolute Gasteiger partial charge is 0.381 e. The van der Waals surface area contributed by atoms with Gasteiger partial charge in [0.05, 0.1) is 0 Å². The van der Waals surface area contributed by atoms with Gasteiger partial charge in [0, 0.05) is 12.8 Å². The van der Waals surface area contributed by atoms with E-state index in [2.05, 4.69) is 4.74 Å². The Labute approximate surface area is 168 Å². The molecule has 0 bridgehead atoms. The van der Waals surface area contributed by atoms with Gasteiger partial charge in [-0.05, 0) is 38.0 Å². The average molecular weight is 456 g/mol. The first-order valence-corrected chi connectivity index (χ1v) is 9.53. The van der Waals surface area contributed by atoms with Gasteiger partial charge in [-0.2, -0.15) is 26.3 Å². The largest absolute Gasteiger partial charge is 0.462 e. The molecule has 30 heavy (non-hydrogen) atoms. The van der Waals surface area contributed by atoms with Crippen molar-refractivity contribution in [3.63, 3.8) is 0 Å². The topological polar surface area (TPSA) is 52.6 Å². The van der Waals surface area contributed by atoms with Gasteiger partial charge in [-0.3, -0.25) is 9.59 Å². The molecule has 0 heterocycles. The molecule has 0 aliphatic heterocycles. The molecule has 0 N–H and O–H groups in total. The highest BCUT2D eigenvalue weighted by molar-refractivity contribution is 5.72. The van der Waals surface area contributed by atoms with E-state index in [-0.39, 0.29) is 24.9 Å². The number of carbonyl (C=O) groups is 2. The first-order chi connectivity index (χ1) is 13.8. The highest BCUT2D eigenvalue weighted by Gasteiger charge is 2.75. The van der Waals surface area contributed by atoms with Gasteiger partial charge < -0.3 is 9.47 Å².